The van der Waals surface area contributed by atoms with Gasteiger partial charge in [0.2, 0.25) is 5.28 Å². The van der Waals surface area contributed by atoms with Crippen LogP contribution in [0.2, 0.25) is 5.28 Å². The molecule has 0 fully saturated rings. The van der Waals surface area contributed by atoms with E-state index < -0.39 is 5.82 Å². The normalized spacial score (nSPS) is 10.8. The zero-order valence-electron chi connectivity index (χ0n) is 9.01. The van der Waals surface area contributed by atoms with E-state index in [0.29, 0.717) is 11.2 Å². The number of para-hydroxylation sites is 2. The zero-order valence-corrected chi connectivity index (χ0v) is 9.76. The van der Waals surface area contributed by atoms with Crippen molar-refractivity contribution in [1.82, 2.24) is 19.9 Å². The van der Waals surface area contributed by atoms with Crippen molar-refractivity contribution in [3.05, 3.63) is 47.8 Å². The predicted molar refractivity (Wildman–Crippen MR) is 65.5 cm³/mol. The summed E-state index contributed by atoms with van der Waals surface area (Å²) < 4.78 is 13.6. The summed E-state index contributed by atoms with van der Waals surface area (Å²) in [5.41, 5.74) is 1.79. The van der Waals surface area contributed by atoms with Gasteiger partial charge in [0.1, 0.15) is 11.4 Å². The van der Waals surface area contributed by atoms with E-state index >= 15 is 0 Å². The van der Waals surface area contributed by atoms with E-state index in [2.05, 4.69) is 19.9 Å². The summed E-state index contributed by atoms with van der Waals surface area (Å²) in [5, 5.41) is -0.0265. The summed E-state index contributed by atoms with van der Waals surface area (Å²) in [6, 6.07) is 7.32. The Labute approximate surface area is 107 Å². The van der Waals surface area contributed by atoms with Crippen LogP contribution in [0.25, 0.3) is 22.4 Å². The number of hydrogen-bond acceptors (Lipinski definition) is 4. The molecule has 0 aliphatic heterocycles. The van der Waals surface area contributed by atoms with Crippen LogP contribution in [0.1, 0.15) is 0 Å². The highest BCUT2D eigenvalue weighted by Gasteiger charge is 2.11. The van der Waals surface area contributed by atoms with Gasteiger partial charge in [0.25, 0.3) is 0 Å². The molecule has 88 valence electrons. The molecule has 2 aromatic heterocycles. The minimum Gasteiger partial charge on any atom is -0.252 e. The first-order valence-corrected chi connectivity index (χ1v) is 5.52. The van der Waals surface area contributed by atoms with E-state index in [1.165, 1.54) is 6.20 Å². The van der Waals surface area contributed by atoms with Crippen LogP contribution in [0.15, 0.2) is 36.7 Å². The van der Waals surface area contributed by atoms with Crippen molar-refractivity contribution in [2.24, 2.45) is 0 Å². The lowest BCUT2D eigenvalue weighted by Gasteiger charge is -2.02. The molecule has 2 heterocycles. The fourth-order valence-corrected chi connectivity index (χ4v) is 1.73. The van der Waals surface area contributed by atoms with Gasteiger partial charge in [0, 0.05) is 0 Å². The highest BCUT2D eigenvalue weighted by atomic mass is 35.5. The van der Waals surface area contributed by atoms with Crippen LogP contribution in [0.3, 0.4) is 0 Å². The molecule has 0 bridgehead atoms. The Morgan fingerprint density at radius 3 is 2.56 bits per heavy atom. The molecule has 4 nitrogen and oxygen atoms in total. The lowest BCUT2D eigenvalue weighted by atomic mass is 10.2. The molecule has 0 N–H and O–H groups in total. The van der Waals surface area contributed by atoms with Crippen molar-refractivity contribution in [1.29, 1.82) is 0 Å². The Kier molecular flexibility index (Phi) is 2.60. The van der Waals surface area contributed by atoms with Gasteiger partial charge in [-0.15, -0.1) is 0 Å². The van der Waals surface area contributed by atoms with Gasteiger partial charge < -0.3 is 0 Å². The second kappa shape index (κ2) is 4.27. The minimum atomic E-state index is -0.580. The molecule has 0 atom stereocenters. The van der Waals surface area contributed by atoms with E-state index in [0.717, 1.165) is 11.7 Å². The Morgan fingerprint density at radius 1 is 0.944 bits per heavy atom. The summed E-state index contributed by atoms with van der Waals surface area (Å²) in [6.45, 7) is 0. The lowest BCUT2D eigenvalue weighted by Crippen LogP contribution is -1.96. The summed E-state index contributed by atoms with van der Waals surface area (Å²) in [6.07, 6.45) is 2.48. The predicted octanol–water partition coefficient (Wildman–Crippen LogP) is 2.88. The number of halogens is 2. The van der Waals surface area contributed by atoms with Crippen LogP contribution in [0.5, 0.6) is 0 Å². The van der Waals surface area contributed by atoms with Crippen LogP contribution < -0.4 is 0 Å². The molecule has 3 aromatic rings. The molecular weight excluding hydrogens is 255 g/mol. The number of aromatic nitrogens is 4. The van der Waals surface area contributed by atoms with Crippen molar-refractivity contribution >= 4 is 22.6 Å². The molecule has 3 rings (SSSR count). The number of benzene rings is 1. The maximum absolute atomic E-state index is 13.6. The van der Waals surface area contributed by atoms with Crippen molar-refractivity contribution in [2.75, 3.05) is 0 Å². The Morgan fingerprint density at radius 2 is 1.72 bits per heavy atom. The third-order valence-corrected chi connectivity index (χ3v) is 2.59. The van der Waals surface area contributed by atoms with Crippen LogP contribution in [-0.4, -0.2) is 19.9 Å². The average Bonchev–Trinajstić information content (AvgIpc) is 2.41. The zero-order chi connectivity index (χ0) is 12.5. The first-order chi connectivity index (χ1) is 8.74. The molecule has 18 heavy (non-hydrogen) atoms. The molecule has 0 saturated heterocycles. The topological polar surface area (TPSA) is 51.6 Å². The van der Waals surface area contributed by atoms with Gasteiger partial charge >= 0.3 is 0 Å². The minimum absolute atomic E-state index is 0.0265. The van der Waals surface area contributed by atoms with Crippen LogP contribution in [0.4, 0.5) is 4.39 Å². The van der Waals surface area contributed by atoms with Gasteiger partial charge in [-0.25, -0.2) is 19.3 Å². The van der Waals surface area contributed by atoms with Gasteiger partial charge in [-0.05, 0) is 23.7 Å². The summed E-state index contributed by atoms with van der Waals surface area (Å²) in [7, 11) is 0. The van der Waals surface area contributed by atoms with Crippen molar-refractivity contribution < 1.29 is 4.39 Å². The SMILES string of the molecule is Fc1cnc(Cl)nc1-c1cnc2ccccc2n1. The second-order valence-electron chi connectivity index (χ2n) is 3.58. The number of fused-ring (bicyclic) bond motifs is 1. The molecule has 0 radical (unpaired) electrons. The second-order valence-corrected chi connectivity index (χ2v) is 3.92. The molecular formula is C12H6ClFN4. The molecule has 0 unspecified atom stereocenters. The summed E-state index contributed by atoms with van der Waals surface area (Å²) >= 11 is 5.65. The molecule has 1 aromatic carbocycles. The molecule has 0 aliphatic rings. The Hall–Kier alpha value is -2.14. The van der Waals surface area contributed by atoms with E-state index in [1.807, 2.05) is 18.2 Å². The van der Waals surface area contributed by atoms with E-state index in [1.54, 1.807) is 6.07 Å². The average molecular weight is 261 g/mol. The van der Waals surface area contributed by atoms with Crippen LogP contribution in [-0.2, 0) is 0 Å². The lowest BCUT2D eigenvalue weighted by molar-refractivity contribution is 0.617. The first kappa shape index (κ1) is 11.0. The van der Waals surface area contributed by atoms with Crippen LogP contribution in [0, 0.1) is 5.82 Å². The highest BCUT2D eigenvalue weighted by molar-refractivity contribution is 6.28. The standard InChI is InChI=1S/C12H6ClFN4/c13-12-16-5-7(14)11(18-12)10-6-15-8-3-1-2-4-9(8)17-10/h1-6H. The van der Waals surface area contributed by atoms with E-state index in [9.17, 15) is 4.39 Å². The Balaban J connectivity index is 2.22. The maximum Gasteiger partial charge on any atom is 0.223 e. The quantitative estimate of drug-likeness (QED) is 0.631. The highest BCUT2D eigenvalue weighted by Crippen LogP contribution is 2.20. The summed E-state index contributed by atoms with van der Waals surface area (Å²) in [5.74, 6) is -0.580. The molecule has 0 amide bonds. The Bertz CT molecular complexity index is 732. The number of rotatable bonds is 1. The van der Waals surface area contributed by atoms with Gasteiger partial charge in [0.15, 0.2) is 5.82 Å². The largest absolute Gasteiger partial charge is 0.252 e. The van der Waals surface area contributed by atoms with Crippen molar-refractivity contribution in [2.45, 2.75) is 0 Å². The third kappa shape index (κ3) is 1.89. The van der Waals surface area contributed by atoms with Crippen molar-refractivity contribution in [3.8, 4) is 11.4 Å². The van der Waals surface area contributed by atoms with Crippen LogP contribution >= 0.6 is 11.6 Å². The molecule has 0 spiro atoms. The fourth-order valence-electron chi connectivity index (χ4n) is 1.60. The van der Waals surface area contributed by atoms with Crippen molar-refractivity contribution in [3.63, 3.8) is 0 Å². The van der Waals surface area contributed by atoms with Gasteiger partial charge in [-0.3, -0.25) is 4.98 Å². The summed E-state index contributed by atoms with van der Waals surface area (Å²) in [4.78, 5) is 15.9. The fraction of sp³-hybridized carbons (Fsp3) is 0. The van der Waals surface area contributed by atoms with Gasteiger partial charge in [-0.2, -0.15) is 0 Å². The molecule has 0 aliphatic carbocycles. The molecule has 6 heteroatoms. The van der Waals surface area contributed by atoms with Gasteiger partial charge in [0.05, 0.1) is 23.4 Å². The smallest absolute Gasteiger partial charge is 0.223 e. The number of hydrogen-bond donors (Lipinski definition) is 0. The van der Waals surface area contributed by atoms with Gasteiger partial charge in [-0.1, -0.05) is 12.1 Å². The monoisotopic (exact) mass is 260 g/mol. The first-order valence-electron chi connectivity index (χ1n) is 5.14. The van der Waals surface area contributed by atoms with E-state index in [-0.39, 0.29) is 11.0 Å². The molecule has 0 saturated carbocycles. The number of nitrogens with zero attached hydrogens (tertiary/aromatic N) is 4. The maximum atomic E-state index is 13.6. The van der Waals surface area contributed by atoms with E-state index in [4.69, 9.17) is 11.6 Å². The third-order valence-electron chi connectivity index (χ3n) is 2.41.